The third-order valence-electron chi connectivity index (χ3n) is 4.99. The first kappa shape index (κ1) is 24.3. The van der Waals surface area contributed by atoms with Crippen LogP contribution >= 0.6 is 24.0 Å². The average Bonchev–Trinajstić information content (AvgIpc) is 2.71. The second kappa shape index (κ2) is 11.4. The summed E-state index contributed by atoms with van der Waals surface area (Å²) in [6.45, 7) is 1.95. The fraction of sp³-hybridized carbons (Fsp3) is 0.381. The number of likely N-dealkylation sites (tertiary alicyclic amines) is 1. The molecule has 0 spiro atoms. The molecule has 0 aromatic heterocycles. The molecule has 0 bridgehead atoms. The minimum atomic E-state index is -0.671. The first-order valence-corrected chi connectivity index (χ1v) is 9.56. The summed E-state index contributed by atoms with van der Waals surface area (Å²) in [7, 11) is 1.64. The number of aliphatic imine (C=N–C) groups is 1. The van der Waals surface area contributed by atoms with E-state index in [1.807, 2.05) is 4.90 Å². The molecule has 3 rings (SSSR count). The third kappa shape index (κ3) is 6.49. The van der Waals surface area contributed by atoms with Crippen molar-refractivity contribution in [3.05, 3.63) is 65.0 Å². The second-order valence-corrected chi connectivity index (χ2v) is 7.13. The monoisotopic (exact) mass is 534 g/mol. The van der Waals surface area contributed by atoms with Crippen LogP contribution in [0.2, 0.25) is 0 Å². The lowest BCUT2D eigenvalue weighted by Crippen LogP contribution is -2.50. The van der Waals surface area contributed by atoms with Gasteiger partial charge < -0.3 is 15.7 Å². The van der Waals surface area contributed by atoms with Gasteiger partial charge in [-0.3, -0.25) is 9.89 Å². The molecule has 1 atom stereocenters. The van der Waals surface area contributed by atoms with Gasteiger partial charge in [0.2, 0.25) is 0 Å². The van der Waals surface area contributed by atoms with Crippen molar-refractivity contribution >= 4 is 29.9 Å². The maximum Gasteiger partial charge on any atom is 0.191 e. The molecule has 2 aromatic carbocycles. The van der Waals surface area contributed by atoms with Crippen LogP contribution in [0.1, 0.15) is 24.0 Å². The summed E-state index contributed by atoms with van der Waals surface area (Å²) >= 11 is 0. The summed E-state index contributed by atoms with van der Waals surface area (Å²) < 4.78 is 41.3. The Morgan fingerprint density at radius 2 is 1.90 bits per heavy atom. The van der Waals surface area contributed by atoms with Crippen molar-refractivity contribution in [2.24, 2.45) is 4.99 Å². The Kier molecular flexibility index (Phi) is 9.22. The summed E-state index contributed by atoms with van der Waals surface area (Å²) in [5.41, 5.74) is 0.758. The number of hydrogen-bond donors (Lipinski definition) is 3. The lowest BCUT2D eigenvalue weighted by atomic mass is 10.0. The van der Waals surface area contributed by atoms with Crippen LogP contribution in [0.5, 0.6) is 5.75 Å². The molecule has 0 radical (unpaired) electrons. The summed E-state index contributed by atoms with van der Waals surface area (Å²) in [4.78, 5) is 6.21. The minimum absolute atomic E-state index is 0. The number of halogens is 4. The largest absolute Gasteiger partial charge is 0.505 e. The van der Waals surface area contributed by atoms with E-state index in [1.165, 1.54) is 30.3 Å². The Morgan fingerprint density at radius 1 is 1.17 bits per heavy atom. The lowest BCUT2D eigenvalue weighted by Gasteiger charge is -2.34. The van der Waals surface area contributed by atoms with E-state index in [2.05, 4.69) is 15.6 Å². The molecule has 0 amide bonds. The highest BCUT2D eigenvalue weighted by Gasteiger charge is 2.22. The Bertz CT molecular complexity index is 861. The SMILES string of the molecule is CN=C(NCc1ccc(O)c(F)c1)NC1CCCN(Cc2c(F)cccc2F)C1.I. The number of hydrogen-bond acceptors (Lipinski definition) is 3. The zero-order valence-corrected chi connectivity index (χ0v) is 19.0. The van der Waals surface area contributed by atoms with E-state index in [0.29, 0.717) is 24.6 Å². The van der Waals surface area contributed by atoms with Crippen LogP contribution in [0.15, 0.2) is 41.4 Å². The quantitative estimate of drug-likeness (QED) is 0.311. The maximum absolute atomic E-state index is 13.9. The lowest BCUT2D eigenvalue weighted by molar-refractivity contribution is 0.188. The molecule has 9 heteroatoms. The Morgan fingerprint density at radius 3 is 2.57 bits per heavy atom. The number of aromatic hydroxyl groups is 1. The molecule has 30 heavy (non-hydrogen) atoms. The number of nitrogens with zero attached hydrogens (tertiary/aromatic N) is 2. The van der Waals surface area contributed by atoms with Crippen LogP contribution < -0.4 is 10.6 Å². The highest BCUT2D eigenvalue weighted by molar-refractivity contribution is 14.0. The summed E-state index contributed by atoms with van der Waals surface area (Å²) in [6.07, 6.45) is 1.80. The van der Waals surface area contributed by atoms with E-state index in [0.717, 1.165) is 19.4 Å². The van der Waals surface area contributed by atoms with Gasteiger partial charge in [-0.15, -0.1) is 24.0 Å². The van der Waals surface area contributed by atoms with Gasteiger partial charge in [0.25, 0.3) is 0 Å². The van der Waals surface area contributed by atoms with Gasteiger partial charge in [0.15, 0.2) is 17.5 Å². The van der Waals surface area contributed by atoms with Crippen LogP contribution in [0.4, 0.5) is 13.2 Å². The van der Waals surface area contributed by atoms with Gasteiger partial charge in [0.05, 0.1) is 0 Å². The molecule has 1 aliphatic rings. The molecule has 2 aromatic rings. The molecule has 164 valence electrons. The number of piperidine rings is 1. The summed E-state index contributed by atoms with van der Waals surface area (Å²) in [5, 5.41) is 15.7. The Balaban J connectivity index is 0.00000320. The first-order valence-electron chi connectivity index (χ1n) is 9.56. The van der Waals surface area contributed by atoms with E-state index in [9.17, 15) is 18.3 Å². The standard InChI is InChI=1S/C21H25F3N4O.HI/c1-25-21(26-11-14-7-8-20(29)19(24)10-14)27-15-4-3-9-28(12-15)13-16-17(22)5-2-6-18(16)23;/h2,5-8,10,15,29H,3-4,9,11-13H2,1H3,(H2,25,26,27);1H. The van der Waals surface area contributed by atoms with Crippen LogP contribution in [0.25, 0.3) is 0 Å². The Labute approximate surface area is 191 Å². The van der Waals surface area contributed by atoms with E-state index >= 15 is 0 Å². The smallest absolute Gasteiger partial charge is 0.191 e. The third-order valence-corrected chi connectivity index (χ3v) is 4.99. The summed E-state index contributed by atoms with van der Waals surface area (Å²) in [6, 6.07) is 8.19. The number of phenolic OH excluding ortho intramolecular Hbond substituents is 1. The fourth-order valence-corrected chi connectivity index (χ4v) is 3.46. The van der Waals surface area contributed by atoms with Gasteiger partial charge in [-0.25, -0.2) is 13.2 Å². The van der Waals surface area contributed by atoms with Gasteiger partial charge >= 0.3 is 0 Å². The van der Waals surface area contributed by atoms with Gasteiger partial charge in [0, 0.05) is 38.3 Å². The van der Waals surface area contributed by atoms with E-state index in [1.54, 1.807) is 13.1 Å². The first-order chi connectivity index (χ1) is 14.0. The number of rotatable bonds is 5. The van der Waals surface area contributed by atoms with Crippen LogP contribution in [0.3, 0.4) is 0 Å². The minimum Gasteiger partial charge on any atom is -0.505 e. The zero-order chi connectivity index (χ0) is 20.8. The normalized spacial score (nSPS) is 17.3. The van der Waals surface area contributed by atoms with E-state index in [4.69, 9.17) is 0 Å². The van der Waals surface area contributed by atoms with Crippen LogP contribution in [-0.4, -0.2) is 42.1 Å². The number of nitrogens with one attached hydrogen (secondary N) is 2. The van der Waals surface area contributed by atoms with Crippen molar-refractivity contribution in [1.82, 2.24) is 15.5 Å². The molecule has 5 nitrogen and oxygen atoms in total. The van der Waals surface area contributed by atoms with Crippen molar-refractivity contribution in [3.63, 3.8) is 0 Å². The molecule has 1 heterocycles. The maximum atomic E-state index is 13.9. The topological polar surface area (TPSA) is 59.9 Å². The molecule has 1 fully saturated rings. The average molecular weight is 534 g/mol. The highest BCUT2D eigenvalue weighted by Crippen LogP contribution is 2.19. The zero-order valence-electron chi connectivity index (χ0n) is 16.7. The van der Waals surface area contributed by atoms with Gasteiger partial charge in [-0.1, -0.05) is 12.1 Å². The van der Waals surface area contributed by atoms with E-state index < -0.39 is 17.5 Å². The molecular weight excluding hydrogens is 508 g/mol. The van der Waals surface area contributed by atoms with Gasteiger partial charge in [0.1, 0.15) is 11.6 Å². The molecule has 0 aliphatic carbocycles. The molecular formula is C21H26F3IN4O. The van der Waals surface area contributed by atoms with Crippen molar-refractivity contribution in [1.29, 1.82) is 0 Å². The van der Waals surface area contributed by atoms with Crippen LogP contribution in [-0.2, 0) is 13.1 Å². The van der Waals surface area contributed by atoms with Crippen molar-refractivity contribution in [2.75, 3.05) is 20.1 Å². The second-order valence-electron chi connectivity index (χ2n) is 7.13. The number of guanidine groups is 1. The molecule has 3 N–H and O–H groups in total. The highest BCUT2D eigenvalue weighted by atomic mass is 127. The van der Waals surface area contributed by atoms with Crippen molar-refractivity contribution in [2.45, 2.75) is 32.0 Å². The molecule has 1 unspecified atom stereocenters. The van der Waals surface area contributed by atoms with Gasteiger partial charge in [-0.05, 0) is 49.2 Å². The van der Waals surface area contributed by atoms with Crippen LogP contribution in [0, 0.1) is 17.5 Å². The number of benzene rings is 2. The van der Waals surface area contributed by atoms with E-state index in [-0.39, 0.29) is 47.9 Å². The Hall–Kier alpha value is -2.01. The number of phenols is 1. The fourth-order valence-electron chi connectivity index (χ4n) is 3.46. The van der Waals surface area contributed by atoms with Crippen molar-refractivity contribution < 1.29 is 18.3 Å². The molecule has 0 saturated carbocycles. The molecule has 1 saturated heterocycles. The van der Waals surface area contributed by atoms with Crippen molar-refractivity contribution in [3.8, 4) is 5.75 Å². The predicted molar refractivity (Wildman–Crippen MR) is 121 cm³/mol. The van der Waals surface area contributed by atoms with Gasteiger partial charge in [-0.2, -0.15) is 0 Å². The molecule has 1 aliphatic heterocycles. The summed E-state index contributed by atoms with van der Waals surface area (Å²) in [5.74, 6) is -1.56. The predicted octanol–water partition coefficient (Wildman–Crippen LogP) is 3.76.